The van der Waals surface area contributed by atoms with Crippen molar-refractivity contribution >= 4 is 29.3 Å². The van der Waals surface area contributed by atoms with E-state index in [2.05, 4.69) is 10.5 Å². The quantitative estimate of drug-likeness (QED) is 0.708. The summed E-state index contributed by atoms with van der Waals surface area (Å²) in [5.41, 5.74) is 0.751. The fraction of sp³-hybridized carbons (Fsp3) is 0.381. The second-order valence-corrected chi connectivity index (χ2v) is 7.66. The number of carbonyl (C=O) groups is 3. The molecule has 2 saturated heterocycles. The summed E-state index contributed by atoms with van der Waals surface area (Å²) in [5, 5.41) is 14.9. The number of aromatic nitrogens is 1. The van der Waals surface area contributed by atoms with Crippen LogP contribution in [0, 0.1) is 17.1 Å². The molecule has 11 nitrogen and oxygen atoms in total. The minimum atomic E-state index is -0.600. The van der Waals surface area contributed by atoms with Crippen LogP contribution >= 0.6 is 0 Å². The molecule has 2 aromatic rings. The van der Waals surface area contributed by atoms with E-state index in [1.54, 1.807) is 23.1 Å². The van der Waals surface area contributed by atoms with Gasteiger partial charge in [-0.2, -0.15) is 5.26 Å². The van der Waals surface area contributed by atoms with Crippen LogP contribution in [0.3, 0.4) is 0 Å². The number of nitrogens with one attached hydrogen (secondary N) is 1. The highest BCUT2D eigenvalue weighted by Crippen LogP contribution is 2.28. The standard InChI is InChI=1S/C21H21FN6O5/c1-13(29)24-11-16-12-28(21(31)32-16)15-2-3-18(17(22)9-15)26-4-6-27(7-5-26)20(30)19-8-14(10-23)25-33-19/h2-3,8-9,16H,4-7,11-12H2,1H3,(H,24,29)/t16-/m0/s1. The molecule has 3 amide bonds. The average Bonchev–Trinajstić information content (AvgIpc) is 3.44. The lowest BCUT2D eigenvalue weighted by Crippen LogP contribution is -2.49. The van der Waals surface area contributed by atoms with Gasteiger partial charge in [-0.25, -0.2) is 9.18 Å². The molecule has 1 aromatic carbocycles. The molecule has 1 atom stereocenters. The Morgan fingerprint density at radius 2 is 2.03 bits per heavy atom. The molecule has 4 rings (SSSR count). The zero-order valence-corrected chi connectivity index (χ0v) is 17.8. The van der Waals surface area contributed by atoms with Crippen molar-refractivity contribution < 1.29 is 28.0 Å². The summed E-state index contributed by atoms with van der Waals surface area (Å²) in [4.78, 5) is 40.4. The molecule has 0 radical (unpaired) electrons. The van der Waals surface area contributed by atoms with Crippen molar-refractivity contribution in [2.45, 2.75) is 13.0 Å². The zero-order chi connectivity index (χ0) is 23.5. The predicted octanol–water partition coefficient (Wildman–Crippen LogP) is 1.11. The van der Waals surface area contributed by atoms with E-state index in [4.69, 9.17) is 14.5 Å². The third-order valence-electron chi connectivity index (χ3n) is 5.44. The van der Waals surface area contributed by atoms with Crippen molar-refractivity contribution in [2.75, 3.05) is 49.1 Å². The minimum Gasteiger partial charge on any atom is -0.442 e. The van der Waals surface area contributed by atoms with E-state index in [1.807, 2.05) is 4.90 Å². The molecule has 0 aliphatic carbocycles. The molecule has 33 heavy (non-hydrogen) atoms. The first-order valence-corrected chi connectivity index (χ1v) is 10.3. The lowest BCUT2D eigenvalue weighted by Gasteiger charge is -2.35. The highest BCUT2D eigenvalue weighted by atomic mass is 19.1. The molecule has 1 N–H and O–H groups in total. The van der Waals surface area contributed by atoms with E-state index in [9.17, 15) is 18.8 Å². The lowest BCUT2D eigenvalue weighted by atomic mass is 10.2. The molecule has 172 valence electrons. The van der Waals surface area contributed by atoms with Gasteiger partial charge in [0.2, 0.25) is 11.7 Å². The zero-order valence-electron chi connectivity index (χ0n) is 17.8. The minimum absolute atomic E-state index is 0.00941. The number of cyclic esters (lactones) is 1. The van der Waals surface area contributed by atoms with Crippen molar-refractivity contribution in [1.29, 1.82) is 5.26 Å². The Morgan fingerprint density at radius 1 is 1.27 bits per heavy atom. The lowest BCUT2D eigenvalue weighted by molar-refractivity contribution is -0.119. The molecule has 2 aliphatic heterocycles. The van der Waals surface area contributed by atoms with Crippen molar-refractivity contribution in [1.82, 2.24) is 15.4 Å². The molecule has 12 heteroatoms. The van der Waals surface area contributed by atoms with Crippen LogP contribution in [-0.4, -0.2) is 73.3 Å². The summed E-state index contributed by atoms with van der Waals surface area (Å²) in [6.07, 6.45) is -1.11. The Hall–Kier alpha value is -4.14. The summed E-state index contributed by atoms with van der Waals surface area (Å²) >= 11 is 0. The first-order chi connectivity index (χ1) is 15.9. The van der Waals surface area contributed by atoms with Crippen LogP contribution in [0.15, 0.2) is 28.8 Å². The summed E-state index contributed by atoms with van der Waals surface area (Å²) in [6.45, 7) is 3.23. The van der Waals surface area contributed by atoms with Crippen LogP contribution in [0.2, 0.25) is 0 Å². The van der Waals surface area contributed by atoms with Gasteiger partial charge in [-0.3, -0.25) is 14.5 Å². The van der Waals surface area contributed by atoms with E-state index in [1.165, 1.54) is 24.0 Å². The number of rotatable bonds is 5. The van der Waals surface area contributed by atoms with Gasteiger partial charge < -0.3 is 24.4 Å². The molecular weight excluding hydrogens is 435 g/mol. The number of hydrogen-bond donors (Lipinski definition) is 1. The van der Waals surface area contributed by atoms with Gasteiger partial charge in [-0.1, -0.05) is 5.16 Å². The van der Waals surface area contributed by atoms with Crippen LogP contribution in [0.5, 0.6) is 0 Å². The van der Waals surface area contributed by atoms with Gasteiger partial charge in [0.15, 0.2) is 5.69 Å². The second kappa shape index (κ2) is 9.15. The van der Waals surface area contributed by atoms with Crippen molar-refractivity contribution in [3.8, 4) is 6.07 Å². The topological polar surface area (TPSA) is 132 Å². The number of piperazine rings is 1. The molecule has 0 unspecified atom stereocenters. The SMILES string of the molecule is CC(=O)NC[C@H]1CN(c2ccc(N3CCN(C(=O)c4cc(C#N)no4)CC3)c(F)c2)C(=O)O1. The van der Waals surface area contributed by atoms with E-state index in [0.717, 1.165) is 0 Å². The Labute approximate surface area is 188 Å². The number of halogens is 1. The number of ether oxygens (including phenoxy) is 1. The van der Waals surface area contributed by atoms with Crippen molar-refractivity contribution in [3.05, 3.63) is 41.5 Å². The van der Waals surface area contributed by atoms with Crippen LogP contribution in [0.25, 0.3) is 0 Å². The maximum atomic E-state index is 14.9. The number of anilines is 2. The van der Waals surface area contributed by atoms with Crippen LogP contribution in [-0.2, 0) is 9.53 Å². The maximum Gasteiger partial charge on any atom is 0.414 e. The van der Waals surface area contributed by atoms with Crippen molar-refractivity contribution in [2.24, 2.45) is 0 Å². The smallest absolute Gasteiger partial charge is 0.414 e. The first kappa shape index (κ1) is 22.1. The Morgan fingerprint density at radius 3 is 2.67 bits per heavy atom. The molecule has 0 spiro atoms. The Balaban J connectivity index is 1.37. The highest BCUT2D eigenvalue weighted by molar-refractivity contribution is 5.92. The van der Waals surface area contributed by atoms with Crippen LogP contribution in [0.4, 0.5) is 20.6 Å². The van der Waals surface area contributed by atoms with Gasteiger partial charge in [0.25, 0.3) is 5.91 Å². The normalized spacial score (nSPS) is 18.2. The second-order valence-electron chi connectivity index (χ2n) is 7.66. The monoisotopic (exact) mass is 456 g/mol. The van der Waals surface area contributed by atoms with E-state index in [0.29, 0.717) is 37.6 Å². The number of carbonyl (C=O) groups excluding carboxylic acids is 3. The summed E-state index contributed by atoms with van der Waals surface area (Å²) in [7, 11) is 0. The first-order valence-electron chi connectivity index (χ1n) is 10.3. The number of nitriles is 1. The van der Waals surface area contributed by atoms with Gasteiger partial charge in [0.05, 0.1) is 24.5 Å². The fourth-order valence-corrected chi connectivity index (χ4v) is 3.75. The fourth-order valence-electron chi connectivity index (χ4n) is 3.75. The molecule has 1 aromatic heterocycles. The third kappa shape index (κ3) is 4.72. The third-order valence-corrected chi connectivity index (χ3v) is 5.44. The highest BCUT2D eigenvalue weighted by Gasteiger charge is 2.33. The predicted molar refractivity (Wildman–Crippen MR) is 112 cm³/mol. The Kier molecular flexibility index (Phi) is 6.12. The van der Waals surface area contributed by atoms with Gasteiger partial charge in [-0.15, -0.1) is 0 Å². The van der Waals surface area contributed by atoms with E-state index < -0.39 is 18.0 Å². The summed E-state index contributed by atoms with van der Waals surface area (Å²) in [6, 6.07) is 7.59. The number of hydrogen-bond acceptors (Lipinski definition) is 8. The van der Waals surface area contributed by atoms with Gasteiger partial charge in [0.1, 0.15) is 18.0 Å². The molecule has 2 aliphatic rings. The summed E-state index contributed by atoms with van der Waals surface area (Å²) in [5.74, 6) is -1.11. The number of amides is 3. The number of nitrogens with zero attached hydrogens (tertiary/aromatic N) is 5. The molecule has 0 saturated carbocycles. The summed E-state index contributed by atoms with van der Waals surface area (Å²) < 4.78 is 25.0. The molecule has 2 fully saturated rings. The van der Waals surface area contributed by atoms with Gasteiger partial charge in [0, 0.05) is 39.2 Å². The average molecular weight is 456 g/mol. The Bertz CT molecular complexity index is 1120. The van der Waals surface area contributed by atoms with E-state index >= 15 is 0 Å². The molecule has 0 bridgehead atoms. The number of benzene rings is 1. The van der Waals surface area contributed by atoms with Crippen LogP contribution in [0.1, 0.15) is 23.2 Å². The van der Waals surface area contributed by atoms with Gasteiger partial charge in [-0.05, 0) is 18.2 Å². The van der Waals surface area contributed by atoms with E-state index in [-0.39, 0.29) is 36.4 Å². The van der Waals surface area contributed by atoms with Crippen LogP contribution < -0.4 is 15.1 Å². The molecular formula is C21H21FN6O5. The largest absolute Gasteiger partial charge is 0.442 e. The molecule has 3 heterocycles. The maximum absolute atomic E-state index is 14.9. The van der Waals surface area contributed by atoms with Crippen molar-refractivity contribution in [3.63, 3.8) is 0 Å². The van der Waals surface area contributed by atoms with Gasteiger partial charge >= 0.3 is 6.09 Å².